The van der Waals surface area contributed by atoms with Crippen LogP contribution in [0.3, 0.4) is 0 Å². The van der Waals surface area contributed by atoms with E-state index in [0.29, 0.717) is 10.0 Å². The maximum Gasteiger partial charge on any atom is 0.0595 e. The number of hydrogen-bond donors (Lipinski definition) is 0. The molecule has 0 fully saturated rings. The van der Waals surface area contributed by atoms with Gasteiger partial charge in [0.05, 0.1) is 10.0 Å². The van der Waals surface area contributed by atoms with Crippen LogP contribution in [0.25, 0.3) is 0 Å². The van der Waals surface area contributed by atoms with E-state index >= 15 is 0 Å². The first-order chi connectivity index (χ1) is 8.65. The summed E-state index contributed by atoms with van der Waals surface area (Å²) in [4.78, 5) is 0. The van der Waals surface area contributed by atoms with Gasteiger partial charge in [0.15, 0.2) is 0 Å². The zero-order valence-electron chi connectivity index (χ0n) is 9.80. The molecule has 0 aliphatic carbocycles. The van der Waals surface area contributed by atoms with Gasteiger partial charge in [-0.25, -0.2) is 0 Å². The maximum atomic E-state index is 5.98. The van der Waals surface area contributed by atoms with Crippen LogP contribution in [0.2, 0.25) is 15.1 Å². The maximum absolute atomic E-state index is 5.98. The molecule has 0 bridgehead atoms. The third-order valence-electron chi connectivity index (χ3n) is 2.83. The first-order valence-corrected chi connectivity index (χ1v) is 6.97. The summed E-state index contributed by atoms with van der Waals surface area (Å²) < 4.78 is 0. The molecular weight excluding hydrogens is 287 g/mol. The van der Waals surface area contributed by atoms with Crippen LogP contribution in [-0.2, 0) is 12.8 Å². The quantitative estimate of drug-likeness (QED) is 0.667. The lowest BCUT2D eigenvalue weighted by Gasteiger charge is -2.04. The minimum absolute atomic E-state index is 0.609. The minimum Gasteiger partial charge on any atom is -0.0843 e. The highest BCUT2D eigenvalue weighted by atomic mass is 35.5. The van der Waals surface area contributed by atoms with Gasteiger partial charge in [-0.2, -0.15) is 0 Å². The molecule has 0 nitrogen and oxygen atoms in total. The molecule has 0 saturated carbocycles. The van der Waals surface area contributed by atoms with Crippen molar-refractivity contribution in [3.05, 3.63) is 68.7 Å². The Balaban J connectivity index is 1.88. The van der Waals surface area contributed by atoms with E-state index in [1.54, 1.807) is 0 Å². The molecule has 18 heavy (non-hydrogen) atoms. The summed E-state index contributed by atoms with van der Waals surface area (Å²) in [5.41, 5.74) is 2.53. The van der Waals surface area contributed by atoms with E-state index in [1.165, 1.54) is 11.1 Å². The molecular formula is C15H13Cl3. The van der Waals surface area contributed by atoms with Gasteiger partial charge in [0.25, 0.3) is 0 Å². The molecule has 2 aromatic rings. The highest BCUT2D eigenvalue weighted by Crippen LogP contribution is 2.23. The van der Waals surface area contributed by atoms with Crippen LogP contribution in [0.4, 0.5) is 0 Å². The highest BCUT2D eigenvalue weighted by Gasteiger charge is 2.00. The van der Waals surface area contributed by atoms with Crippen molar-refractivity contribution in [2.75, 3.05) is 0 Å². The van der Waals surface area contributed by atoms with Crippen molar-refractivity contribution in [3.63, 3.8) is 0 Å². The van der Waals surface area contributed by atoms with Crippen LogP contribution in [-0.4, -0.2) is 0 Å². The second-order valence-corrected chi connectivity index (χ2v) is 5.48. The number of rotatable bonds is 4. The van der Waals surface area contributed by atoms with Gasteiger partial charge in [0.2, 0.25) is 0 Å². The van der Waals surface area contributed by atoms with Crippen LogP contribution >= 0.6 is 34.8 Å². The summed E-state index contributed by atoms with van der Waals surface area (Å²) in [5, 5.41) is 2.02. The predicted molar refractivity (Wildman–Crippen MR) is 79.9 cm³/mol. The lowest BCUT2D eigenvalue weighted by Crippen LogP contribution is -1.90. The topological polar surface area (TPSA) is 0 Å². The Morgan fingerprint density at radius 1 is 0.667 bits per heavy atom. The molecule has 0 radical (unpaired) electrons. The molecule has 0 aromatic heterocycles. The summed E-state index contributed by atoms with van der Waals surface area (Å²) in [7, 11) is 0. The minimum atomic E-state index is 0.609. The van der Waals surface area contributed by atoms with Gasteiger partial charge in [0, 0.05) is 5.02 Å². The van der Waals surface area contributed by atoms with Crippen LogP contribution in [0.15, 0.2) is 42.5 Å². The third kappa shape index (κ3) is 3.91. The lowest BCUT2D eigenvalue weighted by molar-refractivity contribution is 0.821. The molecule has 2 rings (SSSR count). The monoisotopic (exact) mass is 298 g/mol. The molecule has 94 valence electrons. The molecule has 0 atom stereocenters. The van der Waals surface area contributed by atoms with Gasteiger partial charge in [-0.05, 0) is 54.7 Å². The van der Waals surface area contributed by atoms with Gasteiger partial charge in [0.1, 0.15) is 0 Å². The summed E-state index contributed by atoms with van der Waals surface area (Å²) in [6.45, 7) is 0. The smallest absolute Gasteiger partial charge is 0.0595 e. The average Bonchev–Trinajstić information content (AvgIpc) is 2.36. The van der Waals surface area contributed by atoms with Crippen molar-refractivity contribution in [2.45, 2.75) is 19.3 Å². The first kappa shape index (κ1) is 13.7. The normalized spacial score (nSPS) is 10.6. The molecule has 0 amide bonds. The second kappa shape index (κ2) is 6.47. The lowest BCUT2D eigenvalue weighted by atomic mass is 10.0. The third-order valence-corrected chi connectivity index (χ3v) is 3.82. The molecule has 0 aliphatic rings. The SMILES string of the molecule is Clc1ccc(CCCc2ccc(Cl)c(Cl)c2)cc1. The second-order valence-electron chi connectivity index (χ2n) is 4.23. The number of hydrogen-bond acceptors (Lipinski definition) is 0. The van der Waals surface area contributed by atoms with Crippen LogP contribution in [0.1, 0.15) is 17.5 Å². The molecule has 0 aliphatic heterocycles. The predicted octanol–water partition coefficient (Wildman–Crippen LogP) is 5.82. The van der Waals surface area contributed by atoms with E-state index in [0.717, 1.165) is 24.3 Å². The largest absolute Gasteiger partial charge is 0.0843 e. The van der Waals surface area contributed by atoms with Crippen molar-refractivity contribution < 1.29 is 0 Å². The van der Waals surface area contributed by atoms with Crippen molar-refractivity contribution in [1.29, 1.82) is 0 Å². The molecule has 0 unspecified atom stereocenters. The standard InChI is InChI=1S/C15H13Cl3/c16-13-7-4-11(5-8-13)2-1-3-12-6-9-14(17)15(18)10-12/h4-10H,1-3H2. The fourth-order valence-corrected chi connectivity index (χ4v) is 2.29. The summed E-state index contributed by atoms with van der Waals surface area (Å²) >= 11 is 17.7. The van der Waals surface area contributed by atoms with Gasteiger partial charge >= 0.3 is 0 Å². The Morgan fingerprint density at radius 2 is 1.28 bits per heavy atom. The number of benzene rings is 2. The van der Waals surface area contributed by atoms with Crippen molar-refractivity contribution in [1.82, 2.24) is 0 Å². The molecule has 2 aromatic carbocycles. The first-order valence-electron chi connectivity index (χ1n) is 5.83. The van der Waals surface area contributed by atoms with Crippen molar-refractivity contribution in [2.24, 2.45) is 0 Å². The van der Waals surface area contributed by atoms with E-state index in [-0.39, 0.29) is 0 Å². The van der Waals surface area contributed by atoms with Gasteiger partial charge in [-0.1, -0.05) is 53.0 Å². The molecule has 0 saturated heterocycles. The van der Waals surface area contributed by atoms with Crippen molar-refractivity contribution >= 4 is 34.8 Å². The highest BCUT2D eigenvalue weighted by molar-refractivity contribution is 6.42. The Hall–Kier alpha value is -0.690. The van der Waals surface area contributed by atoms with Crippen LogP contribution in [0.5, 0.6) is 0 Å². The van der Waals surface area contributed by atoms with Crippen LogP contribution < -0.4 is 0 Å². The van der Waals surface area contributed by atoms with Crippen LogP contribution in [0, 0.1) is 0 Å². The number of aryl methyl sites for hydroxylation is 2. The van der Waals surface area contributed by atoms with Crippen molar-refractivity contribution in [3.8, 4) is 0 Å². The fourth-order valence-electron chi connectivity index (χ4n) is 1.84. The zero-order valence-corrected chi connectivity index (χ0v) is 12.1. The summed E-state index contributed by atoms with van der Waals surface area (Å²) in [5.74, 6) is 0. The van der Waals surface area contributed by atoms with E-state index in [9.17, 15) is 0 Å². The van der Waals surface area contributed by atoms with E-state index in [4.69, 9.17) is 34.8 Å². The molecule has 0 spiro atoms. The summed E-state index contributed by atoms with van der Waals surface area (Å²) in [6.07, 6.45) is 3.12. The van der Waals surface area contributed by atoms with Gasteiger partial charge in [-0.15, -0.1) is 0 Å². The molecule has 0 N–H and O–H groups in total. The Kier molecular flexibility index (Phi) is 4.94. The fraction of sp³-hybridized carbons (Fsp3) is 0.200. The van der Waals surface area contributed by atoms with E-state index in [1.807, 2.05) is 30.3 Å². The summed E-state index contributed by atoms with van der Waals surface area (Å²) in [6, 6.07) is 13.8. The molecule has 0 heterocycles. The van der Waals surface area contributed by atoms with Gasteiger partial charge < -0.3 is 0 Å². The Morgan fingerprint density at radius 3 is 1.94 bits per heavy atom. The Bertz CT molecular complexity index is 518. The average molecular weight is 300 g/mol. The van der Waals surface area contributed by atoms with Gasteiger partial charge in [-0.3, -0.25) is 0 Å². The van der Waals surface area contributed by atoms with E-state index in [2.05, 4.69) is 12.1 Å². The zero-order chi connectivity index (χ0) is 13.0. The van der Waals surface area contributed by atoms with E-state index < -0.39 is 0 Å². The Labute approximate surface area is 122 Å². The molecule has 3 heteroatoms. The number of halogens is 3.